The minimum Gasteiger partial charge on any atom is -0.331 e. The number of hydrogen-bond donors (Lipinski definition) is 1. The van der Waals surface area contributed by atoms with Gasteiger partial charge in [-0.25, -0.2) is 18.1 Å². The predicted octanol–water partition coefficient (Wildman–Crippen LogP) is 2.28. The van der Waals surface area contributed by atoms with Crippen molar-refractivity contribution in [2.24, 2.45) is 7.05 Å². The van der Waals surface area contributed by atoms with Crippen molar-refractivity contribution in [1.29, 1.82) is 0 Å². The van der Waals surface area contributed by atoms with Gasteiger partial charge < -0.3 is 4.57 Å². The van der Waals surface area contributed by atoms with Crippen LogP contribution in [0, 0.1) is 0 Å². The molecule has 2 aromatic rings. The lowest BCUT2D eigenvalue weighted by molar-refractivity contribution is 0.580. The van der Waals surface area contributed by atoms with Crippen molar-refractivity contribution in [1.82, 2.24) is 14.3 Å². The van der Waals surface area contributed by atoms with Gasteiger partial charge in [-0.3, -0.25) is 0 Å². The van der Waals surface area contributed by atoms with Crippen LogP contribution < -0.4 is 4.72 Å². The van der Waals surface area contributed by atoms with E-state index >= 15 is 0 Å². The van der Waals surface area contributed by atoms with Crippen molar-refractivity contribution in [3.8, 4) is 0 Å². The first-order valence-corrected chi connectivity index (χ1v) is 9.08. The fourth-order valence-electron chi connectivity index (χ4n) is 2.61. The second kappa shape index (κ2) is 5.42. The van der Waals surface area contributed by atoms with Gasteiger partial charge in [0.05, 0.1) is 16.8 Å². The average molecular weight is 307 g/mol. The molecule has 0 spiro atoms. The monoisotopic (exact) mass is 307 g/mol. The van der Waals surface area contributed by atoms with Crippen LogP contribution in [-0.2, 0) is 23.6 Å². The van der Waals surface area contributed by atoms with Crippen molar-refractivity contribution in [3.63, 3.8) is 0 Å². The number of imidazole rings is 1. The van der Waals surface area contributed by atoms with Gasteiger partial charge in [0, 0.05) is 19.5 Å². The number of nitrogens with zero attached hydrogens (tertiary/aromatic N) is 2. The van der Waals surface area contributed by atoms with E-state index in [0.29, 0.717) is 18.9 Å². The summed E-state index contributed by atoms with van der Waals surface area (Å²) in [6.07, 6.45) is 3.07. The molecule has 1 saturated carbocycles. The maximum absolute atomic E-state index is 11.7. The molecular weight excluding hydrogens is 286 g/mol. The second-order valence-corrected chi connectivity index (χ2v) is 7.69. The molecule has 1 fully saturated rings. The first kappa shape index (κ1) is 14.5. The Labute approximate surface area is 125 Å². The lowest BCUT2D eigenvalue weighted by Crippen LogP contribution is -2.25. The van der Waals surface area contributed by atoms with Crippen LogP contribution >= 0.6 is 0 Å². The number of aromatic nitrogens is 2. The summed E-state index contributed by atoms with van der Waals surface area (Å²) in [7, 11) is -1.12. The quantitative estimate of drug-likeness (QED) is 0.890. The van der Waals surface area contributed by atoms with Crippen LogP contribution in [0.4, 0.5) is 0 Å². The Bertz CT molecular complexity index is 761. The number of aryl methyl sites for hydroxylation is 1. The molecule has 1 aromatic heterocycles. The predicted molar refractivity (Wildman–Crippen MR) is 83.6 cm³/mol. The molecule has 5 nitrogen and oxygen atoms in total. The summed E-state index contributed by atoms with van der Waals surface area (Å²) in [6, 6.07) is 5.97. The number of benzene rings is 1. The van der Waals surface area contributed by atoms with Gasteiger partial charge in [0.1, 0.15) is 5.82 Å². The molecule has 0 unspecified atom stereocenters. The largest absolute Gasteiger partial charge is 0.331 e. The Morgan fingerprint density at radius 1 is 1.38 bits per heavy atom. The smallest absolute Gasteiger partial charge is 0.211 e. The van der Waals surface area contributed by atoms with Crippen LogP contribution in [-0.4, -0.2) is 23.7 Å². The molecule has 1 N–H and O–H groups in total. The molecule has 1 aromatic carbocycles. The summed E-state index contributed by atoms with van der Waals surface area (Å²) in [5.74, 6) is 1.92. The third kappa shape index (κ3) is 3.11. The van der Waals surface area contributed by atoms with Crippen LogP contribution in [0.5, 0.6) is 0 Å². The van der Waals surface area contributed by atoms with E-state index in [0.717, 1.165) is 22.4 Å². The van der Waals surface area contributed by atoms with E-state index in [1.54, 1.807) is 0 Å². The van der Waals surface area contributed by atoms with E-state index in [1.807, 2.05) is 32.2 Å². The van der Waals surface area contributed by atoms with Gasteiger partial charge in [-0.15, -0.1) is 0 Å². The number of fused-ring (bicyclic) bond motifs is 1. The molecule has 0 atom stereocenters. The maximum atomic E-state index is 11.7. The molecule has 0 saturated heterocycles. The lowest BCUT2D eigenvalue weighted by Gasteiger charge is -2.05. The molecule has 0 amide bonds. The van der Waals surface area contributed by atoms with E-state index in [1.165, 1.54) is 12.8 Å². The van der Waals surface area contributed by atoms with E-state index in [-0.39, 0.29) is 5.75 Å². The third-order valence-electron chi connectivity index (χ3n) is 3.89. The normalized spacial score (nSPS) is 15.7. The Morgan fingerprint density at radius 2 is 2.14 bits per heavy atom. The first-order valence-electron chi connectivity index (χ1n) is 7.43. The minimum absolute atomic E-state index is 0.171. The van der Waals surface area contributed by atoms with Crippen LogP contribution in [0.2, 0.25) is 0 Å². The van der Waals surface area contributed by atoms with E-state index in [2.05, 4.69) is 9.29 Å². The Balaban J connectivity index is 1.81. The van der Waals surface area contributed by atoms with E-state index in [9.17, 15) is 8.42 Å². The number of nitrogens with one attached hydrogen (secondary N) is 1. The van der Waals surface area contributed by atoms with Crippen molar-refractivity contribution in [2.75, 3.05) is 5.75 Å². The Morgan fingerprint density at radius 3 is 2.81 bits per heavy atom. The Hall–Kier alpha value is -1.40. The fourth-order valence-corrected chi connectivity index (χ4v) is 3.68. The maximum Gasteiger partial charge on any atom is 0.211 e. The summed E-state index contributed by atoms with van der Waals surface area (Å²) in [6.45, 7) is 2.19. The second-order valence-electron chi connectivity index (χ2n) is 5.77. The molecule has 3 rings (SSSR count). The average Bonchev–Trinajstić information content (AvgIpc) is 3.22. The zero-order valence-corrected chi connectivity index (χ0v) is 13.3. The SMILES string of the molecule is CCCS(=O)(=O)NCc1ccc2c(c1)nc(C1CC1)n2C. The third-order valence-corrected chi connectivity index (χ3v) is 5.42. The van der Waals surface area contributed by atoms with Crippen LogP contribution in [0.25, 0.3) is 11.0 Å². The zero-order valence-electron chi connectivity index (χ0n) is 12.5. The standard InChI is InChI=1S/C15H21N3O2S/c1-3-8-21(19,20)16-10-11-4-7-14-13(9-11)17-15(18(14)2)12-5-6-12/h4,7,9,12,16H,3,5-6,8,10H2,1-2H3. The molecule has 21 heavy (non-hydrogen) atoms. The summed E-state index contributed by atoms with van der Waals surface area (Å²) in [5.41, 5.74) is 3.01. The first-order chi connectivity index (χ1) is 10.00. The molecule has 6 heteroatoms. The van der Waals surface area contributed by atoms with Gasteiger partial charge in [-0.2, -0.15) is 0 Å². The lowest BCUT2D eigenvalue weighted by atomic mass is 10.2. The summed E-state index contributed by atoms with van der Waals surface area (Å²) >= 11 is 0. The zero-order chi connectivity index (χ0) is 15.0. The van der Waals surface area contributed by atoms with Crippen LogP contribution in [0.15, 0.2) is 18.2 Å². The molecule has 1 heterocycles. The van der Waals surface area contributed by atoms with Crippen molar-refractivity contribution >= 4 is 21.1 Å². The highest BCUT2D eigenvalue weighted by Crippen LogP contribution is 2.40. The number of hydrogen-bond acceptors (Lipinski definition) is 3. The van der Waals surface area contributed by atoms with Gasteiger partial charge in [0.25, 0.3) is 0 Å². The number of sulfonamides is 1. The molecule has 114 valence electrons. The van der Waals surface area contributed by atoms with Gasteiger partial charge in [-0.1, -0.05) is 13.0 Å². The van der Waals surface area contributed by atoms with Gasteiger partial charge >= 0.3 is 0 Å². The molecule has 0 radical (unpaired) electrons. The molecule has 0 bridgehead atoms. The number of rotatable bonds is 6. The summed E-state index contributed by atoms with van der Waals surface area (Å²) in [4.78, 5) is 4.70. The molecule has 0 aliphatic heterocycles. The van der Waals surface area contributed by atoms with Crippen molar-refractivity contribution in [2.45, 2.75) is 38.6 Å². The van der Waals surface area contributed by atoms with Gasteiger partial charge in [0.2, 0.25) is 10.0 Å². The summed E-state index contributed by atoms with van der Waals surface area (Å²) in [5, 5.41) is 0. The Kier molecular flexibility index (Phi) is 3.75. The molecule has 1 aliphatic rings. The minimum atomic E-state index is -3.17. The summed E-state index contributed by atoms with van der Waals surface area (Å²) < 4.78 is 28.2. The van der Waals surface area contributed by atoms with Crippen LogP contribution in [0.1, 0.15) is 43.5 Å². The van der Waals surface area contributed by atoms with E-state index < -0.39 is 10.0 Å². The fraction of sp³-hybridized carbons (Fsp3) is 0.533. The highest BCUT2D eigenvalue weighted by molar-refractivity contribution is 7.89. The van der Waals surface area contributed by atoms with Gasteiger partial charge in [0.15, 0.2) is 0 Å². The highest BCUT2D eigenvalue weighted by Gasteiger charge is 2.28. The van der Waals surface area contributed by atoms with Gasteiger partial charge in [-0.05, 0) is 37.0 Å². The topological polar surface area (TPSA) is 64.0 Å². The highest BCUT2D eigenvalue weighted by atomic mass is 32.2. The molecule has 1 aliphatic carbocycles. The van der Waals surface area contributed by atoms with Crippen molar-refractivity contribution in [3.05, 3.63) is 29.6 Å². The van der Waals surface area contributed by atoms with Crippen LogP contribution in [0.3, 0.4) is 0 Å². The molecular formula is C15H21N3O2S. The van der Waals surface area contributed by atoms with Crippen molar-refractivity contribution < 1.29 is 8.42 Å². The van der Waals surface area contributed by atoms with E-state index in [4.69, 9.17) is 4.98 Å².